The third kappa shape index (κ3) is 2.32. The molecule has 0 saturated carbocycles. The Balaban J connectivity index is 0.00000128. The first-order valence-corrected chi connectivity index (χ1v) is 6.08. The molecule has 0 unspecified atom stereocenters. The van der Waals surface area contributed by atoms with Crippen molar-refractivity contribution >= 4 is 10.1 Å². The molecule has 1 aliphatic carbocycles. The second kappa shape index (κ2) is 5.80. The molecule has 2 heteroatoms. The van der Waals surface area contributed by atoms with E-state index in [0.717, 1.165) is 11.8 Å². The molecule has 17 heavy (non-hydrogen) atoms. The van der Waals surface area contributed by atoms with Crippen molar-refractivity contribution in [3.63, 3.8) is 0 Å². The smallest absolute Gasteiger partial charge is 0.870 e. The van der Waals surface area contributed by atoms with E-state index >= 15 is 0 Å². The van der Waals surface area contributed by atoms with Crippen LogP contribution in [0, 0.1) is 17.9 Å². The van der Waals surface area contributed by atoms with Gasteiger partial charge in [-0.3, -0.25) is 0 Å². The number of benzene rings is 1. The summed E-state index contributed by atoms with van der Waals surface area (Å²) >= 11 is 0. The number of hydrogen-bond donors (Lipinski definition) is 0. The van der Waals surface area contributed by atoms with Gasteiger partial charge in [0.05, 0.1) is 0 Å². The molecule has 0 aliphatic heterocycles. The molecule has 1 nitrogen and oxygen atoms in total. The summed E-state index contributed by atoms with van der Waals surface area (Å²) in [5, 5.41) is 0. The Labute approximate surface area is 109 Å². The van der Waals surface area contributed by atoms with Crippen LogP contribution in [0.4, 0.5) is 0 Å². The minimum Gasteiger partial charge on any atom is -0.870 e. The fourth-order valence-corrected chi connectivity index (χ4v) is 3.46. The van der Waals surface area contributed by atoms with Crippen molar-refractivity contribution in [3.8, 4) is 0 Å². The number of aryl methyl sites for hydroxylation is 1. The SMILES string of the molecule is CC(C)C1(C(C)C)CCc2cc[c-]cc21.[Be+2].[OH-]. The Kier molecular flexibility index (Phi) is 5.57. The molecular formula is C15H22BeO. The van der Waals surface area contributed by atoms with Gasteiger partial charge >= 0.3 is 10.1 Å². The van der Waals surface area contributed by atoms with Crippen LogP contribution >= 0.6 is 0 Å². The molecule has 0 atom stereocenters. The number of rotatable bonds is 2. The van der Waals surface area contributed by atoms with Gasteiger partial charge in [-0.05, 0) is 17.3 Å². The molecule has 90 valence electrons. The van der Waals surface area contributed by atoms with E-state index in [1.165, 1.54) is 12.8 Å². The molecule has 0 aromatic heterocycles. The number of hydrogen-bond acceptors (Lipinski definition) is 1. The van der Waals surface area contributed by atoms with Gasteiger partial charge in [0, 0.05) is 0 Å². The predicted molar refractivity (Wildman–Crippen MR) is 72.6 cm³/mol. The Morgan fingerprint density at radius 2 is 1.76 bits per heavy atom. The molecule has 1 N–H and O–H groups in total. The standard InChI is InChI=1S/C15H21.Be.H2O/c1-11(2)15(12(3)4)10-9-13-7-5-6-8-14(13)15;;/h5,7-8,11-12H,9-10H2,1-4H3;;1H2/q-1;+2;/p-1. The van der Waals surface area contributed by atoms with Crippen molar-refractivity contribution in [1.82, 2.24) is 0 Å². The summed E-state index contributed by atoms with van der Waals surface area (Å²) in [6, 6.07) is 9.78. The average Bonchev–Trinajstić information content (AvgIpc) is 2.57. The van der Waals surface area contributed by atoms with Crippen LogP contribution in [0.2, 0.25) is 0 Å². The third-order valence-electron chi connectivity index (χ3n) is 4.32. The summed E-state index contributed by atoms with van der Waals surface area (Å²) in [7, 11) is 0. The largest absolute Gasteiger partial charge is 2.00 e. The molecule has 2 rings (SSSR count). The van der Waals surface area contributed by atoms with E-state index in [2.05, 4.69) is 52.0 Å². The normalized spacial score (nSPS) is 16.4. The molecule has 1 aliphatic rings. The van der Waals surface area contributed by atoms with E-state index in [4.69, 9.17) is 0 Å². The van der Waals surface area contributed by atoms with Gasteiger partial charge in [-0.15, -0.1) is 5.56 Å². The Hall–Kier alpha value is -0.651. The van der Waals surface area contributed by atoms with E-state index in [-0.39, 0.29) is 15.6 Å². The van der Waals surface area contributed by atoms with Crippen LogP contribution in [-0.4, -0.2) is 15.6 Å². The summed E-state index contributed by atoms with van der Waals surface area (Å²) < 4.78 is 0. The Morgan fingerprint density at radius 1 is 1.18 bits per heavy atom. The zero-order valence-corrected chi connectivity index (χ0v) is 11.5. The van der Waals surface area contributed by atoms with Gasteiger partial charge < -0.3 is 5.48 Å². The monoisotopic (exact) mass is 227 g/mol. The van der Waals surface area contributed by atoms with Crippen molar-refractivity contribution in [2.45, 2.75) is 46.0 Å². The zero-order chi connectivity index (χ0) is 11.1. The predicted octanol–water partition coefficient (Wildman–Crippen LogP) is 3.43. The first-order valence-electron chi connectivity index (χ1n) is 6.08. The number of fused-ring (bicyclic) bond motifs is 1. The minimum absolute atomic E-state index is 0. The zero-order valence-electron chi connectivity index (χ0n) is 11.5. The van der Waals surface area contributed by atoms with Gasteiger partial charge in [0.1, 0.15) is 0 Å². The van der Waals surface area contributed by atoms with Crippen LogP contribution in [0.3, 0.4) is 0 Å². The van der Waals surface area contributed by atoms with E-state index in [1.807, 2.05) is 0 Å². The molecule has 0 radical (unpaired) electrons. The van der Waals surface area contributed by atoms with Gasteiger partial charge in [-0.1, -0.05) is 40.5 Å². The summed E-state index contributed by atoms with van der Waals surface area (Å²) in [4.78, 5) is 0. The van der Waals surface area contributed by atoms with E-state index in [0.29, 0.717) is 5.41 Å². The third-order valence-corrected chi connectivity index (χ3v) is 4.32. The topological polar surface area (TPSA) is 30.0 Å². The minimum atomic E-state index is 0. The second-order valence-electron chi connectivity index (χ2n) is 5.43. The fourth-order valence-electron chi connectivity index (χ4n) is 3.46. The molecular weight excluding hydrogens is 205 g/mol. The molecule has 0 amide bonds. The van der Waals surface area contributed by atoms with Gasteiger partial charge in [0.2, 0.25) is 0 Å². The Bertz CT molecular complexity index is 350. The van der Waals surface area contributed by atoms with Crippen molar-refractivity contribution in [3.05, 3.63) is 35.4 Å². The average molecular weight is 227 g/mol. The van der Waals surface area contributed by atoms with E-state index in [9.17, 15) is 0 Å². The molecule has 1 aromatic carbocycles. The summed E-state index contributed by atoms with van der Waals surface area (Å²) in [5.74, 6) is 1.43. The molecule has 0 fully saturated rings. The Morgan fingerprint density at radius 3 is 2.29 bits per heavy atom. The summed E-state index contributed by atoms with van der Waals surface area (Å²) in [5.41, 5.74) is 3.51. The van der Waals surface area contributed by atoms with Gasteiger partial charge in [0.25, 0.3) is 0 Å². The van der Waals surface area contributed by atoms with Crippen LogP contribution < -0.4 is 0 Å². The van der Waals surface area contributed by atoms with Gasteiger partial charge in [0.15, 0.2) is 0 Å². The fraction of sp³-hybridized carbons (Fsp3) is 0.600. The van der Waals surface area contributed by atoms with Crippen LogP contribution in [0.5, 0.6) is 0 Å². The quantitative estimate of drug-likeness (QED) is 0.562. The summed E-state index contributed by atoms with van der Waals surface area (Å²) in [6.45, 7) is 9.45. The maximum absolute atomic E-state index is 3.26. The van der Waals surface area contributed by atoms with Gasteiger partial charge in [-0.25, -0.2) is 0 Å². The van der Waals surface area contributed by atoms with Gasteiger partial charge in [-0.2, -0.15) is 29.8 Å². The van der Waals surface area contributed by atoms with E-state index < -0.39 is 0 Å². The van der Waals surface area contributed by atoms with Crippen LogP contribution in [0.15, 0.2) is 18.2 Å². The van der Waals surface area contributed by atoms with Crippen LogP contribution in [0.25, 0.3) is 0 Å². The van der Waals surface area contributed by atoms with Crippen molar-refractivity contribution in [2.75, 3.05) is 0 Å². The molecule has 0 heterocycles. The van der Waals surface area contributed by atoms with Crippen LogP contribution in [-0.2, 0) is 11.8 Å². The first-order chi connectivity index (χ1) is 7.09. The summed E-state index contributed by atoms with van der Waals surface area (Å²) in [6.07, 6.45) is 2.57. The second-order valence-corrected chi connectivity index (χ2v) is 5.43. The molecule has 0 bridgehead atoms. The van der Waals surface area contributed by atoms with Crippen LogP contribution in [0.1, 0.15) is 45.2 Å². The maximum Gasteiger partial charge on any atom is 2.00 e. The van der Waals surface area contributed by atoms with Crippen molar-refractivity contribution < 1.29 is 5.48 Å². The maximum atomic E-state index is 3.26. The van der Waals surface area contributed by atoms with Crippen molar-refractivity contribution in [1.29, 1.82) is 0 Å². The first kappa shape index (κ1) is 16.3. The molecule has 1 aromatic rings. The van der Waals surface area contributed by atoms with E-state index in [1.54, 1.807) is 11.1 Å². The molecule has 0 saturated heterocycles. The van der Waals surface area contributed by atoms with Crippen molar-refractivity contribution in [2.24, 2.45) is 11.8 Å². The molecule has 0 spiro atoms.